The Labute approximate surface area is 109 Å². The number of rotatable bonds is 5. The van der Waals surface area contributed by atoms with E-state index < -0.39 is 31.5 Å². The van der Waals surface area contributed by atoms with Gasteiger partial charge in [0.1, 0.15) is 0 Å². The molecule has 13 heavy (non-hydrogen) atoms. The Morgan fingerprint density at radius 3 is 1.23 bits per heavy atom. The predicted molar refractivity (Wildman–Crippen MR) is 54.9 cm³/mol. The summed E-state index contributed by atoms with van der Waals surface area (Å²) in [6.07, 6.45) is 0. The molecule has 0 aliphatic rings. The minimum absolute atomic E-state index is 0. The summed E-state index contributed by atoms with van der Waals surface area (Å²) in [6.45, 7) is -0.850. The molecule has 0 amide bonds. The van der Waals surface area contributed by atoms with Gasteiger partial charge in [0.05, 0.1) is 13.2 Å². The van der Waals surface area contributed by atoms with Crippen LogP contribution in [0.4, 0.5) is 0 Å². The zero-order chi connectivity index (χ0) is 9.83. The average Bonchev–Trinajstić information content (AvgIpc) is 1.76. The number of thiol groups is 2. The maximum absolute atomic E-state index is 10.2. The summed E-state index contributed by atoms with van der Waals surface area (Å²) in [6, 6.07) is 0. The molecule has 0 aromatic heterocycles. The first kappa shape index (κ1) is 16.9. The van der Waals surface area contributed by atoms with E-state index in [2.05, 4.69) is 31.7 Å². The summed E-state index contributed by atoms with van der Waals surface area (Å²) in [5.74, 6) is 0. The van der Waals surface area contributed by atoms with Gasteiger partial charge >= 0.3 is 47.9 Å². The number of hydrogen-bond donors (Lipinski definition) is 2. The first-order valence-corrected chi connectivity index (χ1v) is 7.36. The van der Waals surface area contributed by atoms with E-state index in [1.54, 1.807) is 0 Å². The molecule has 0 unspecified atom stereocenters. The average molecular weight is 278 g/mol. The van der Waals surface area contributed by atoms with Gasteiger partial charge in [0.15, 0.2) is 0 Å². The second-order valence-electron chi connectivity index (χ2n) is 1.50. The van der Waals surface area contributed by atoms with Crippen LogP contribution in [0.3, 0.4) is 0 Å². The molecule has 6 nitrogen and oxygen atoms in total. The van der Waals surface area contributed by atoms with E-state index in [1.165, 1.54) is 0 Å². The molecule has 0 aliphatic heterocycles. The fourth-order valence-electron chi connectivity index (χ4n) is 0.279. The molecule has 0 aromatic carbocycles. The number of hydrogen-bond acceptors (Lipinski definition) is 6. The van der Waals surface area contributed by atoms with E-state index in [4.69, 9.17) is 0 Å². The third-order valence-electron chi connectivity index (χ3n) is 0.548. The van der Waals surface area contributed by atoms with Crippen LogP contribution in [-0.2, 0) is 26.7 Å². The van der Waals surface area contributed by atoms with Gasteiger partial charge in [0.25, 0.3) is 0 Å². The molecule has 0 rings (SSSR count). The van der Waals surface area contributed by atoms with Crippen molar-refractivity contribution in [3.63, 3.8) is 0 Å². The topological polar surface area (TPSA) is 86.7 Å². The minimum atomic E-state index is -3.85. The van der Waals surface area contributed by atoms with Crippen molar-refractivity contribution in [1.29, 1.82) is 0 Å². The fraction of sp³-hybridized carbons (Fsp3) is 1.00. The Morgan fingerprint density at radius 2 is 1.08 bits per heavy atom. The van der Waals surface area contributed by atoms with Crippen molar-refractivity contribution in [2.75, 3.05) is 13.2 Å². The normalized spacial score (nSPS) is 12.2. The van der Waals surface area contributed by atoms with Crippen LogP contribution in [-0.4, -0.2) is 59.6 Å². The van der Waals surface area contributed by atoms with E-state index in [-0.39, 0.29) is 29.6 Å². The molecule has 0 bridgehead atoms. The van der Waals surface area contributed by atoms with Crippen molar-refractivity contribution in [2.24, 2.45) is 0 Å². The van der Waals surface area contributed by atoms with E-state index >= 15 is 0 Å². The Balaban J connectivity index is 0. The van der Waals surface area contributed by atoms with Crippen LogP contribution in [0.2, 0.25) is 0 Å². The van der Waals surface area contributed by atoms with Gasteiger partial charge < -0.3 is 0 Å². The van der Waals surface area contributed by atoms with E-state index in [0.717, 1.165) is 0 Å². The van der Waals surface area contributed by atoms with Crippen LogP contribution in [0.25, 0.3) is 0 Å². The third kappa shape index (κ3) is 16.2. The van der Waals surface area contributed by atoms with Crippen LogP contribution in [0.1, 0.15) is 0 Å². The molecule has 0 fully saturated rings. The van der Waals surface area contributed by atoms with Crippen molar-refractivity contribution in [2.45, 2.75) is 0 Å². The van der Waals surface area contributed by atoms with Gasteiger partial charge in [-0.15, -0.1) is 0 Å². The molecule has 0 radical (unpaired) electrons. The van der Waals surface area contributed by atoms with Gasteiger partial charge in [-0.25, -0.2) is 0 Å². The molecule has 0 N–H and O–H groups in total. The molecule has 76 valence electrons. The molecule has 0 saturated carbocycles. The van der Waals surface area contributed by atoms with Gasteiger partial charge in [0.2, 0.25) is 0 Å². The SMILES string of the molecule is O=S(=O)(S)OCCOS(=O)(=O)S.[NaH]. The zero-order valence-electron chi connectivity index (χ0n) is 5.57. The monoisotopic (exact) mass is 278 g/mol. The van der Waals surface area contributed by atoms with Crippen molar-refractivity contribution in [3.05, 3.63) is 0 Å². The molecule has 0 atom stereocenters. The maximum atomic E-state index is 10.2. The molecule has 0 aromatic rings. The van der Waals surface area contributed by atoms with Gasteiger partial charge in [-0.05, 0) is 23.3 Å². The molecule has 0 heterocycles. The van der Waals surface area contributed by atoms with Gasteiger partial charge in [-0.2, -0.15) is 16.8 Å². The molecular formula is C2H7NaO6S4. The van der Waals surface area contributed by atoms with Crippen molar-refractivity contribution < 1.29 is 25.2 Å². The van der Waals surface area contributed by atoms with Crippen LogP contribution in [0.15, 0.2) is 0 Å². The Kier molecular flexibility index (Phi) is 8.99. The summed E-state index contributed by atoms with van der Waals surface area (Å²) in [7, 11) is -7.69. The molecule has 0 spiro atoms. The summed E-state index contributed by atoms with van der Waals surface area (Å²) in [5, 5.41) is 0. The van der Waals surface area contributed by atoms with Gasteiger partial charge in [0, 0.05) is 0 Å². The predicted octanol–water partition coefficient (Wildman–Crippen LogP) is -1.28. The van der Waals surface area contributed by atoms with Crippen LogP contribution >= 0.6 is 23.3 Å². The second-order valence-corrected chi connectivity index (χ2v) is 6.37. The van der Waals surface area contributed by atoms with E-state index in [9.17, 15) is 16.8 Å². The van der Waals surface area contributed by atoms with Crippen LogP contribution in [0.5, 0.6) is 0 Å². The third-order valence-corrected chi connectivity index (χ3v) is 2.11. The van der Waals surface area contributed by atoms with Crippen molar-refractivity contribution in [3.8, 4) is 0 Å². The van der Waals surface area contributed by atoms with Crippen molar-refractivity contribution >= 4 is 71.2 Å². The van der Waals surface area contributed by atoms with E-state index in [1.807, 2.05) is 0 Å². The first-order valence-electron chi connectivity index (χ1n) is 2.44. The van der Waals surface area contributed by atoms with Crippen LogP contribution in [0, 0.1) is 0 Å². The summed E-state index contributed by atoms with van der Waals surface area (Å²) in [5.41, 5.74) is 0. The molecular weight excluding hydrogens is 271 g/mol. The first-order chi connectivity index (χ1) is 5.21. The molecule has 0 saturated heterocycles. The summed E-state index contributed by atoms with van der Waals surface area (Å²) >= 11 is 6.05. The second kappa shape index (κ2) is 6.90. The van der Waals surface area contributed by atoms with Gasteiger partial charge in [-0.1, -0.05) is 0 Å². The van der Waals surface area contributed by atoms with Crippen LogP contribution < -0.4 is 0 Å². The van der Waals surface area contributed by atoms with E-state index in [0.29, 0.717) is 0 Å². The van der Waals surface area contributed by atoms with Gasteiger partial charge in [-0.3, -0.25) is 8.37 Å². The standard InChI is InChI=1S/C2H6O6S4.Na.H/c3-11(4,9)7-1-2-8-12(5,6)10;;/h1-2H2,(H,3,4,9)(H,5,6,10);;. The Morgan fingerprint density at radius 1 is 0.846 bits per heavy atom. The summed E-state index contributed by atoms with van der Waals surface area (Å²) < 4.78 is 48.8. The molecule has 0 aliphatic carbocycles. The zero-order valence-corrected chi connectivity index (χ0v) is 9.00. The summed E-state index contributed by atoms with van der Waals surface area (Å²) in [4.78, 5) is 0. The fourth-order valence-corrected chi connectivity index (χ4v) is 1.28. The Bertz CT molecular complexity index is 283. The van der Waals surface area contributed by atoms with Crippen molar-refractivity contribution in [1.82, 2.24) is 0 Å². The molecule has 11 heteroatoms. The quantitative estimate of drug-likeness (QED) is 0.282. The Hall–Kier alpha value is 1.52.